The molecule has 1 saturated carbocycles. The monoisotopic (exact) mass is 339 g/mol. The van der Waals surface area contributed by atoms with Crippen LogP contribution in [0.4, 0.5) is 0 Å². The fourth-order valence-electron chi connectivity index (χ4n) is 3.96. The van der Waals surface area contributed by atoms with Crippen LogP contribution in [0, 0.1) is 5.92 Å². The Morgan fingerprint density at radius 3 is 1.92 bits per heavy atom. The van der Waals surface area contributed by atoms with Gasteiger partial charge in [0.2, 0.25) is 0 Å². The Hall–Kier alpha value is -0.0800. The van der Waals surface area contributed by atoms with Gasteiger partial charge >= 0.3 is 0 Å². The quantitative estimate of drug-likeness (QED) is 0.302. The first-order valence-electron chi connectivity index (χ1n) is 11.2. The minimum Gasteiger partial charge on any atom is -0.378 e. The van der Waals surface area contributed by atoms with Gasteiger partial charge in [0.25, 0.3) is 0 Å². The number of hydrogen-bond acceptors (Lipinski definition) is 2. The van der Waals surface area contributed by atoms with Gasteiger partial charge in [-0.1, -0.05) is 84.0 Å². The zero-order valence-corrected chi connectivity index (χ0v) is 16.6. The molecule has 2 N–H and O–H groups in total. The van der Waals surface area contributed by atoms with Gasteiger partial charge in [-0.3, -0.25) is 0 Å². The van der Waals surface area contributed by atoms with Gasteiger partial charge in [0.1, 0.15) is 0 Å². The van der Waals surface area contributed by atoms with Crippen molar-refractivity contribution in [3.05, 3.63) is 0 Å². The lowest BCUT2D eigenvalue weighted by atomic mass is 9.94. The van der Waals surface area contributed by atoms with E-state index in [0.29, 0.717) is 6.10 Å². The summed E-state index contributed by atoms with van der Waals surface area (Å²) in [6.45, 7) is 4.18. The highest BCUT2D eigenvalue weighted by molar-refractivity contribution is 4.68. The molecule has 1 aliphatic rings. The SMILES string of the molecule is CCCCCCCCC(CCCCCCCN)COC1CCCC1. The molecule has 0 radical (unpaired) electrons. The Bertz CT molecular complexity index is 234. The molecule has 1 fully saturated rings. The van der Waals surface area contributed by atoms with Crippen molar-refractivity contribution in [2.24, 2.45) is 11.7 Å². The van der Waals surface area contributed by atoms with Gasteiger partial charge in [0.15, 0.2) is 0 Å². The average Bonchev–Trinajstić information content (AvgIpc) is 3.11. The zero-order valence-electron chi connectivity index (χ0n) is 16.6. The molecule has 0 saturated heterocycles. The van der Waals surface area contributed by atoms with Crippen molar-refractivity contribution in [1.82, 2.24) is 0 Å². The molecule has 0 aromatic carbocycles. The molecule has 0 amide bonds. The largest absolute Gasteiger partial charge is 0.378 e. The van der Waals surface area contributed by atoms with Gasteiger partial charge in [-0.05, 0) is 44.6 Å². The number of unbranched alkanes of at least 4 members (excludes halogenated alkanes) is 9. The van der Waals surface area contributed by atoms with Crippen LogP contribution in [0.3, 0.4) is 0 Å². The van der Waals surface area contributed by atoms with Crippen LogP contribution in [-0.2, 0) is 4.74 Å². The Balaban J connectivity index is 2.11. The first-order valence-corrected chi connectivity index (χ1v) is 11.2. The standard InChI is InChI=1S/C22H45NO/c1-2-3-4-5-7-10-15-21(16-11-8-6-9-14-19-23)20-24-22-17-12-13-18-22/h21-22H,2-20,23H2,1H3. The van der Waals surface area contributed by atoms with Gasteiger partial charge in [0.05, 0.1) is 6.10 Å². The van der Waals surface area contributed by atoms with Crippen molar-refractivity contribution in [2.45, 2.75) is 122 Å². The molecule has 1 rings (SSSR count). The minimum atomic E-state index is 0.585. The summed E-state index contributed by atoms with van der Waals surface area (Å²) < 4.78 is 6.24. The van der Waals surface area contributed by atoms with Crippen LogP contribution in [0.25, 0.3) is 0 Å². The molecule has 0 aliphatic heterocycles. The molecule has 0 aromatic heterocycles. The maximum Gasteiger partial charge on any atom is 0.0575 e. The third kappa shape index (κ3) is 12.3. The predicted molar refractivity (Wildman–Crippen MR) is 106 cm³/mol. The zero-order chi connectivity index (χ0) is 17.3. The molecule has 0 aromatic rings. The summed E-state index contributed by atoms with van der Waals surface area (Å²) in [7, 11) is 0. The Morgan fingerprint density at radius 2 is 1.33 bits per heavy atom. The summed E-state index contributed by atoms with van der Waals surface area (Å²) in [6, 6.07) is 0. The Kier molecular flexibility index (Phi) is 15.0. The van der Waals surface area contributed by atoms with Crippen LogP contribution in [-0.4, -0.2) is 19.3 Å². The second-order valence-electron chi connectivity index (χ2n) is 8.01. The summed E-state index contributed by atoms with van der Waals surface area (Å²) in [5.41, 5.74) is 5.57. The fraction of sp³-hybridized carbons (Fsp3) is 1.00. The normalized spacial score (nSPS) is 16.8. The minimum absolute atomic E-state index is 0.585. The molecular formula is C22H45NO. The maximum atomic E-state index is 6.24. The van der Waals surface area contributed by atoms with E-state index in [1.54, 1.807) is 0 Å². The average molecular weight is 340 g/mol. The van der Waals surface area contributed by atoms with E-state index in [2.05, 4.69) is 6.92 Å². The van der Waals surface area contributed by atoms with Crippen LogP contribution in [0.15, 0.2) is 0 Å². The van der Waals surface area contributed by atoms with E-state index in [1.165, 1.54) is 109 Å². The Labute approximate surface area is 152 Å². The van der Waals surface area contributed by atoms with E-state index >= 15 is 0 Å². The molecule has 1 aliphatic carbocycles. The first-order chi connectivity index (χ1) is 11.9. The van der Waals surface area contributed by atoms with E-state index in [0.717, 1.165) is 19.1 Å². The van der Waals surface area contributed by atoms with Crippen LogP contribution in [0.2, 0.25) is 0 Å². The van der Waals surface area contributed by atoms with Crippen molar-refractivity contribution >= 4 is 0 Å². The van der Waals surface area contributed by atoms with E-state index in [-0.39, 0.29) is 0 Å². The molecule has 1 atom stereocenters. The molecule has 2 heteroatoms. The molecule has 1 unspecified atom stereocenters. The number of ether oxygens (including phenoxy) is 1. The predicted octanol–water partition coefficient (Wildman–Crippen LogP) is 6.61. The van der Waals surface area contributed by atoms with Crippen LogP contribution in [0.5, 0.6) is 0 Å². The molecule has 0 bridgehead atoms. The van der Waals surface area contributed by atoms with E-state index in [1.807, 2.05) is 0 Å². The second kappa shape index (κ2) is 16.4. The van der Waals surface area contributed by atoms with Crippen molar-refractivity contribution in [3.8, 4) is 0 Å². The van der Waals surface area contributed by atoms with E-state index in [9.17, 15) is 0 Å². The van der Waals surface area contributed by atoms with Gasteiger partial charge in [-0.25, -0.2) is 0 Å². The summed E-state index contributed by atoms with van der Waals surface area (Å²) in [5, 5.41) is 0. The summed E-state index contributed by atoms with van der Waals surface area (Å²) in [5.74, 6) is 0.811. The van der Waals surface area contributed by atoms with Crippen LogP contribution < -0.4 is 5.73 Å². The van der Waals surface area contributed by atoms with Gasteiger partial charge in [-0.15, -0.1) is 0 Å². The summed E-state index contributed by atoms with van der Waals surface area (Å²) in [4.78, 5) is 0. The summed E-state index contributed by atoms with van der Waals surface area (Å²) >= 11 is 0. The van der Waals surface area contributed by atoms with Crippen molar-refractivity contribution in [3.63, 3.8) is 0 Å². The smallest absolute Gasteiger partial charge is 0.0575 e. The lowest BCUT2D eigenvalue weighted by Gasteiger charge is -2.20. The highest BCUT2D eigenvalue weighted by Crippen LogP contribution is 2.24. The molecule has 24 heavy (non-hydrogen) atoms. The second-order valence-corrected chi connectivity index (χ2v) is 8.01. The van der Waals surface area contributed by atoms with E-state index in [4.69, 9.17) is 10.5 Å². The topological polar surface area (TPSA) is 35.2 Å². The number of rotatable bonds is 17. The Morgan fingerprint density at radius 1 is 0.792 bits per heavy atom. The van der Waals surface area contributed by atoms with E-state index < -0.39 is 0 Å². The highest BCUT2D eigenvalue weighted by atomic mass is 16.5. The number of hydrogen-bond donors (Lipinski definition) is 1. The third-order valence-corrected chi connectivity index (χ3v) is 5.65. The van der Waals surface area contributed by atoms with Crippen LogP contribution >= 0.6 is 0 Å². The molecule has 0 spiro atoms. The van der Waals surface area contributed by atoms with Gasteiger partial charge in [0, 0.05) is 6.61 Å². The van der Waals surface area contributed by atoms with Crippen molar-refractivity contribution in [2.75, 3.05) is 13.2 Å². The van der Waals surface area contributed by atoms with Crippen LogP contribution in [0.1, 0.15) is 116 Å². The third-order valence-electron chi connectivity index (χ3n) is 5.65. The summed E-state index contributed by atoms with van der Waals surface area (Å²) in [6.07, 6.45) is 23.9. The fourth-order valence-corrected chi connectivity index (χ4v) is 3.96. The van der Waals surface area contributed by atoms with Crippen molar-refractivity contribution in [1.29, 1.82) is 0 Å². The molecule has 144 valence electrons. The molecule has 2 nitrogen and oxygen atoms in total. The van der Waals surface area contributed by atoms with Crippen molar-refractivity contribution < 1.29 is 4.74 Å². The van der Waals surface area contributed by atoms with Gasteiger partial charge < -0.3 is 10.5 Å². The molecule has 0 heterocycles. The lowest BCUT2D eigenvalue weighted by Crippen LogP contribution is -2.16. The lowest BCUT2D eigenvalue weighted by molar-refractivity contribution is 0.0284. The van der Waals surface area contributed by atoms with Gasteiger partial charge in [-0.2, -0.15) is 0 Å². The molecular weight excluding hydrogens is 294 g/mol. The first kappa shape index (κ1) is 22.0. The highest BCUT2D eigenvalue weighted by Gasteiger charge is 2.17. The number of nitrogens with two attached hydrogens (primary N) is 1. The maximum absolute atomic E-state index is 6.24.